The van der Waals surface area contributed by atoms with Crippen LogP contribution >= 0.6 is 0 Å². The van der Waals surface area contributed by atoms with Crippen molar-refractivity contribution >= 4 is 17.5 Å². The maximum Gasteiger partial charge on any atom is 0.254 e. The zero-order valence-electron chi connectivity index (χ0n) is 10.6. The molecular weight excluding hydrogens is 232 g/mol. The summed E-state index contributed by atoms with van der Waals surface area (Å²) < 4.78 is 0. The topological polar surface area (TPSA) is 97.1 Å². The molecule has 0 saturated heterocycles. The van der Waals surface area contributed by atoms with E-state index in [4.69, 9.17) is 5.73 Å². The molecule has 1 rings (SSSR count). The van der Waals surface area contributed by atoms with Crippen LogP contribution in [0.4, 0.5) is 5.69 Å². The number of nitrogens with zero attached hydrogens (tertiary/aromatic N) is 1. The Balaban J connectivity index is 2.58. The number of carbonyl (C=O) groups excluding carboxylic acids is 2. The number of amides is 2. The molecule has 98 valence electrons. The van der Waals surface area contributed by atoms with Gasteiger partial charge in [0.2, 0.25) is 5.91 Å². The average Bonchev–Trinajstić information content (AvgIpc) is 2.33. The first-order valence-corrected chi connectivity index (χ1v) is 5.75. The number of anilines is 1. The van der Waals surface area contributed by atoms with Gasteiger partial charge in [0.25, 0.3) is 5.91 Å². The van der Waals surface area contributed by atoms with Crippen LogP contribution in [-0.4, -0.2) is 30.4 Å². The van der Waals surface area contributed by atoms with Gasteiger partial charge in [0, 0.05) is 31.9 Å². The standard InChI is InChI=1S/C12H18N4O2/c1-8-6-10(14-2)9(7-16-8)12(18)15-5-3-4-11(13)17/h6-7H,3-5H2,1-2H3,(H2,13,17)(H,14,16)(H,15,18). The molecule has 0 aliphatic heterocycles. The van der Waals surface area contributed by atoms with Gasteiger partial charge in [-0.3, -0.25) is 14.6 Å². The Bertz CT molecular complexity index is 446. The third-order valence-corrected chi connectivity index (χ3v) is 2.44. The van der Waals surface area contributed by atoms with E-state index in [9.17, 15) is 9.59 Å². The van der Waals surface area contributed by atoms with Crippen LogP contribution in [0.3, 0.4) is 0 Å². The lowest BCUT2D eigenvalue weighted by Crippen LogP contribution is -2.26. The summed E-state index contributed by atoms with van der Waals surface area (Å²) in [5.74, 6) is -0.575. The average molecular weight is 250 g/mol. The minimum Gasteiger partial charge on any atom is -0.387 e. The summed E-state index contributed by atoms with van der Waals surface area (Å²) in [4.78, 5) is 26.5. The number of pyridine rings is 1. The molecule has 0 fully saturated rings. The summed E-state index contributed by atoms with van der Waals surface area (Å²) in [6, 6.07) is 1.80. The molecule has 6 nitrogen and oxygen atoms in total. The number of hydrogen-bond acceptors (Lipinski definition) is 4. The van der Waals surface area contributed by atoms with E-state index < -0.39 is 0 Å². The quantitative estimate of drug-likeness (QED) is 0.638. The second kappa shape index (κ2) is 6.58. The Morgan fingerprint density at radius 3 is 2.78 bits per heavy atom. The van der Waals surface area contributed by atoms with Crippen molar-refractivity contribution in [3.05, 3.63) is 23.5 Å². The monoisotopic (exact) mass is 250 g/mol. The van der Waals surface area contributed by atoms with Gasteiger partial charge < -0.3 is 16.4 Å². The smallest absolute Gasteiger partial charge is 0.254 e. The highest BCUT2D eigenvalue weighted by atomic mass is 16.2. The lowest BCUT2D eigenvalue weighted by atomic mass is 10.2. The highest BCUT2D eigenvalue weighted by Gasteiger charge is 2.10. The molecule has 18 heavy (non-hydrogen) atoms. The summed E-state index contributed by atoms with van der Waals surface area (Å²) in [7, 11) is 1.75. The second-order valence-corrected chi connectivity index (χ2v) is 3.95. The molecule has 2 amide bonds. The van der Waals surface area contributed by atoms with Gasteiger partial charge in [0.15, 0.2) is 0 Å². The summed E-state index contributed by atoms with van der Waals surface area (Å²) in [5, 5.41) is 5.67. The molecule has 0 aliphatic rings. The van der Waals surface area contributed by atoms with Crippen molar-refractivity contribution in [3.8, 4) is 0 Å². The number of aromatic nitrogens is 1. The maximum absolute atomic E-state index is 11.9. The van der Waals surface area contributed by atoms with E-state index in [2.05, 4.69) is 15.6 Å². The summed E-state index contributed by atoms with van der Waals surface area (Å²) >= 11 is 0. The van der Waals surface area contributed by atoms with E-state index in [1.165, 1.54) is 6.20 Å². The van der Waals surface area contributed by atoms with Crippen LogP contribution in [0.5, 0.6) is 0 Å². The van der Waals surface area contributed by atoms with Crippen LogP contribution in [0.15, 0.2) is 12.3 Å². The number of rotatable bonds is 6. The molecule has 0 atom stereocenters. The molecule has 0 unspecified atom stereocenters. The fourth-order valence-corrected chi connectivity index (χ4v) is 1.51. The van der Waals surface area contributed by atoms with Crippen LogP contribution in [-0.2, 0) is 4.79 Å². The summed E-state index contributed by atoms with van der Waals surface area (Å²) in [6.45, 7) is 2.27. The predicted octanol–water partition coefficient (Wildman–Crippen LogP) is 0.427. The fourth-order valence-electron chi connectivity index (χ4n) is 1.51. The Kier molecular flexibility index (Phi) is 5.10. The lowest BCUT2D eigenvalue weighted by Gasteiger charge is -2.09. The van der Waals surface area contributed by atoms with Crippen molar-refractivity contribution < 1.29 is 9.59 Å². The second-order valence-electron chi connectivity index (χ2n) is 3.95. The van der Waals surface area contributed by atoms with Gasteiger partial charge in [-0.1, -0.05) is 0 Å². The molecule has 0 bridgehead atoms. The lowest BCUT2D eigenvalue weighted by molar-refractivity contribution is -0.118. The highest BCUT2D eigenvalue weighted by molar-refractivity contribution is 5.99. The van der Waals surface area contributed by atoms with Crippen molar-refractivity contribution in [2.75, 3.05) is 18.9 Å². The molecule has 1 aromatic rings. The number of aryl methyl sites for hydroxylation is 1. The Morgan fingerprint density at radius 2 is 2.17 bits per heavy atom. The molecule has 0 spiro atoms. The van der Waals surface area contributed by atoms with Gasteiger partial charge in [-0.25, -0.2) is 0 Å². The first-order valence-electron chi connectivity index (χ1n) is 5.75. The molecule has 1 aromatic heterocycles. The largest absolute Gasteiger partial charge is 0.387 e. The van der Waals surface area contributed by atoms with Crippen molar-refractivity contribution in [2.45, 2.75) is 19.8 Å². The third kappa shape index (κ3) is 4.04. The first kappa shape index (κ1) is 14.0. The van der Waals surface area contributed by atoms with E-state index in [1.54, 1.807) is 13.1 Å². The van der Waals surface area contributed by atoms with E-state index in [-0.39, 0.29) is 18.2 Å². The zero-order chi connectivity index (χ0) is 13.5. The SMILES string of the molecule is CNc1cc(C)ncc1C(=O)NCCCC(N)=O. The first-order chi connectivity index (χ1) is 8.54. The molecule has 0 saturated carbocycles. The Morgan fingerprint density at radius 1 is 1.44 bits per heavy atom. The number of carbonyl (C=O) groups is 2. The van der Waals surface area contributed by atoms with Gasteiger partial charge in [-0.05, 0) is 19.4 Å². The molecule has 4 N–H and O–H groups in total. The normalized spacial score (nSPS) is 9.89. The van der Waals surface area contributed by atoms with Gasteiger partial charge in [0.1, 0.15) is 0 Å². The van der Waals surface area contributed by atoms with Gasteiger partial charge in [-0.2, -0.15) is 0 Å². The summed E-state index contributed by atoms with van der Waals surface area (Å²) in [6.07, 6.45) is 2.34. The van der Waals surface area contributed by atoms with Crippen molar-refractivity contribution in [2.24, 2.45) is 5.73 Å². The molecule has 0 aromatic carbocycles. The van der Waals surface area contributed by atoms with E-state index in [0.29, 0.717) is 18.5 Å². The maximum atomic E-state index is 11.9. The van der Waals surface area contributed by atoms with Crippen LogP contribution in [0.2, 0.25) is 0 Å². The highest BCUT2D eigenvalue weighted by Crippen LogP contribution is 2.14. The van der Waals surface area contributed by atoms with Gasteiger partial charge >= 0.3 is 0 Å². The van der Waals surface area contributed by atoms with Crippen molar-refractivity contribution in [1.82, 2.24) is 10.3 Å². The van der Waals surface area contributed by atoms with Crippen LogP contribution in [0.25, 0.3) is 0 Å². The molecular formula is C12H18N4O2. The van der Waals surface area contributed by atoms with Crippen molar-refractivity contribution in [1.29, 1.82) is 0 Å². The van der Waals surface area contributed by atoms with Crippen molar-refractivity contribution in [3.63, 3.8) is 0 Å². The molecule has 1 heterocycles. The molecule has 0 aliphatic carbocycles. The zero-order valence-corrected chi connectivity index (χ0v) is 10.6. The minimum atomic E-state index is -0.364. The Labute approximate surface area is 106 Å². The fraction of sp³-hybridized carbons (Fsp3) is 0.417. The van der Waals surface area contributed by atoms with Crippen LogP contribution in [0.1, 0.15) is 28.9 Å². The van der Waals surface area contributed by atoms with Gasteiger partial charge in [0.05, 0.1) is 11.3 Å². The molecule has 0 radical (unpaired) electrons. The Hall–Kier alpha value is -2.11. The number of hydrogen-bond donors (Lipinski definition) is 3. The van der Waals surface area contributed by atoms with Crippen LogP contribution in [0, 0.1) is 6.92 Å². The van der Waals surface area contributed by atoms with Gasteiger partial charge in [-0.15, -0.1) is 0 Å². The number of primary amides is 1. The third-order valence-electron chi connectivity index (χ3n) is 2.44. The van der Waals surface area contributed by atoms with Crippen LogP contribution < -0.4 is 16.4 Å². The van der Waals surface area contributed by atoms with E-state index in [1.807, 2.05) is 6.92 Å². The number of nitrogens with two attached hydrogens (primary N) is 1. The van der Waals surface area contributed by atoms with E-state index >= 15 is 0 Å². The predicted molar refractivity (Wildman–Crippen MR) is 69.3 cm³/mol. The number of nitrogens with one attached hydrogen (secondary N) is 2. The molecule has 6 heteroatoms. The van der Waals surface area contributed by atoms with E-state index in [0.717, 1.165) is 11.4 Å². The minimum absolute atomic E-state index is 0.212. The summed E-state index contributed by atoms with van der Waals surface area (Å²) in [5.41, 5.74) is 7.07.